The molecule has 170 valence electrons. The van der Waals surface area contributed by atoms with Gasteiger partial charge in [0, 0.05) is 29.2 Å². The van der Waals surface area contributed by atoms with Crippen LogP contribution in [0.25, 0.3) is 17.0 Å². The van der Waals surface area contributed by atoms with Crippen molar-refractivity contribution in [3.05, 3.63) is 65.6 Å². The zero-order chi connectivity index (χ0) is 23.4. The van der Waals surface area contributed by atoms with E-state index >= 15 is 0 Å². The maximum absolute atomic E-state index is 12.5. The van der Waals surface area contributed by atoms with Crippen molar-refractivity contribution in [3.8, 4) is 22.8 Å². The number of hydrogen-bond acceptors (Lipinski definition) is 6. The monoisotopic (exact) mass is 445 g/mol. The first-order chi connectivity index (χ1) is 16.1. The SMILES string of the molecule is CCc1nnc2nc(-c3ccc(CC(=O)Nc4ccc(OC)c(OC)c4)cc3)cn2c1CC. The molecule has 4 rings (SSSR count). The highest BCUT2D eigenvalue weighted by molar-refractivity contribution is 5.92. The number of fused-ring (bicyclic) bond motifs is 1. The molecule has 0 saturated carbocycles. The van der Waals surface area contributed by atoms with Crippen LogP contribution in [0.15, 0.2) is 48.7 Å². The molecule has 0 atom stereocenters. The van der Waals surface area contributed by atoms with Crippen LogP contribution in [0.1, 0.15) is 30.8 Å². The minimum Gasteiger partial charge on any atom is -0.493 e. The van der Waals surface area contributed by atoms with Gasteiger partial charge in [0.1, 0.15) is 0 Å². The molecular weight excluding hydrogens is 418 g/mol. The van der Waals surface area contributed by atoms with E-state index in [0.29, 0.717) is 23.0 Å². The van der Waals surface area contributed by atoms with E-state index in [4.69, 9.17) is 9.47 Å². The fourth-order valence-electron chi connectivity index (χ4n) is 3.83. The van der Waals surface area contributed by atoms with Crippen LogP contribution in [0.4, 0.5) is 5.69 Å². The number of rotatable bonds is 8. The Bertz CT molecular complexity index is 1280. The maximum atomic E-state index is 12.5. The van der Waals surface area contributed by atoms with Gasteiger partial charge in [-0.3, -0.25) is 9.20 Å². The normalized spacial score (nSPS) is 10.9. The Balaban J connectivity index is 1.48. The van der Waals surface area contributed by atoms with Crippen molar-refractivity contribution in [2.45, 2.75) is 33.1 Å². The van der Waals surface area contributed by atoms with Crippen LogP contribution in [0.2, 0.25) is 0 Å². The van der Waals surface area contributed by atoms with E-state index in [2.05, 4.69) is 34.3 Å². The predicted molar refractivity (Wildman–Crippen MR) is 127 cm³/mol. The van der Waals surface area contributed by atoms with Gasteiger partial charge in [0.2, 0.25) is 5.91 Å². The highest BCUT2D eigenvalue weighted by Crippen LogP contribution is 2.30. The largest absolute Gasteiger partial charge is 0.493 e. The molecule has 2 aromatic heterocycles. The zero-order valence-electron chi connectivity index (χ0n) is 19.3. The summed E-state index contributed by atoms with van der Waals surface area (Å²) in [6.07, 6.45) is 3.95. The van der Waals surface area contributed by atoms with E-state index < -0.39 is 0 Å². The number of ether oxygens (including phenoxy) is 2. The number of aromatic nitrogens is 4. The number of nitrogens with zero attached hydrogens (tertiary/aromatic N) is 4. The number of carbonyl (C=O) groups is 1. The molecule has 0 bridgehead atoms. The number of nitrogens with one attached hydrogen (secondary N) is 1. The van der Waals surface area contributed by atoms with Crippen molar-refractivity contribution in [1.29, 1.82) is 0 Å². The molecule has 1 amide bonds. The predicted octanol–water partition coefficient (Wildman–Crippen LogP) is 4.11. The van der Waals surface area contributed by atoms with Gasteiger partial charge >= 0.3 is 0 Å². The zero-order valence-corrected chi connectivity index (χ0v) is 19.3. The highest BCUT2D eigenvalue weighted by Gasteiger charge is 2.13. The van der Waals surface area contributed by atoms with Crippen LogP contribution >= 0.6 is 0 Å². The first-order valence-corrected chi connectivity index (χ1v) is 10.9. The van der Waals surface area contributed by atoms with Gasteiger partial charge in [0.25, 0.3) is 5.78 Å². The third-order valence-electron chi connectivity index (χ3n) is 5.52. The van der Waals surface area contributed by atoms with Gasteiger partial charge in [0.15, 0.2) is 11.5 Å². The van der Waals surface area contributed by atoms with Gasteiger partial charge < -0.3 is 14.8 Å². The van der Waals surface area contributed by atoms with Crippen LogP contribution in [-0.2, 0) is 24.1 Å². The summed E-state index contributed by atoms with van der Waals surface area (Å²) in [5, 5.41) is 11.5. The molecule has 2 heterocycles. The van der Waals surface area contributed by atoms with Crippen molar-refractivity contribution in [2.75, 3.05) is 19.5 Å². The lowest BCUT2D eigenvalue weighted by Gasteiger charge is -2.10. The molecule has 0 spiro atoms. The van der Waals surface area contributed by atoms with E-state index in [9.17, 15) is 4.79 Å². The molecule has 0 unspecified atom stereocenters. The average Bonchev–Trinajstić information content (AvgIpc) is 3.28. The molecule has 0 aliphatic carbocycles. The lowest BCUT2D eigenvalue weighted by atomic mass is 10.1. The second-order valence-corrected chi connectivity index (χ2v) is 7.59. The molecule has 4 aromatic rings. The van der Waals surface area contributed by atoms with Crippen LogP contribution in [0.5, 0.6) is 11.5 Å². The second kappa shape index (κ2) is 9.68. The maximum Gasteiger partial charge on any atom is 0.254 e. The van der Waals surface area contributed by atoms with Crippen molar-refractivity contribution < 1.29 is 14.3 Å². The van der Waals surface area contributed by atoms with Crippen LogP contribution in [0.3, 0.4) is 0 Å². The Hall–Kier alpha value is -3.94. The van der Waals surface area contributed by atoms with Gasteiger partial charge in [-0.1, -0.05) is 38.1 Å². The molecule has 0 aliphatic heterocycles. The number of aryl methyl sites for hydroxylation is 2. The van der Waals surface area contributed by atoms with Crippen LogP contribution < -0.4 is 14.8 Å². The van der Waals surface area contributed by atoms with E-state index in [1.165, 1.54) is 0 Å². The molecular formula is C25H27N5O3. The van der Waals surface area contributed by atoms with Gasteiger partial charge in [-0.25, -0.2) is 4.98 Å². The van der Waals surface area contributed by atoms with E-state index in [1.807, 2.05) is 34.9 Å². The Morgan fingerprint density at radius 1 is 0.970 bits per heavy atom. The summed E-state index contributed by atoms with van der Waals surface area (Å²) >= 11 is 0. The van der Waals surface area contributed by atoms with E-state index in [1.54, 1.807) is 32.4 Å². The number of benzene rings is 2. The smallest absolute Gasteiger partial charge is 0.254 e. The first kappa shape index (κ1) is 22.3. The van der Waals surface area contributed by atoms with Gasteiger partial charge in [-0.2, -0.15) is 5.10 Å². The molecule has 33 heavy (non-hydrogen) atoms. The Kier molecular flexibility index (Phi) is 6.53. The van der Waals surface area contributed by atoms with Crippen molar-refractivity contribution in [2.24, 2.45) is 0 Å². The summed E-state index contributed by atoms with van der Waals surface area (Å²) in [6.45, 7) is 4.18. The van der Waals surface area contributed by atoms with E-state index in [-0.39, 0.29) is 12.3 Å². The third-order valence-corrected chi connectivity index (χ3v) is 5.52. The summed E-state index contributed by atoms with van der Waals surface area (Å²) in [4.78, 5) is 17.2. The molecule has 0 fully saturated rings. The molecule has 8 heteroatoms. The quantitative estimate of drug-likeness (QED) is 0.439. The summed E-state index contributed by atoms with van der Waals surface area (Å²) in [6, 6.07) is 13.1. The van der Waals surface area contributed by atoms with Gasteiger partial charge in [-0.15, -0.1) is 5.10 Å². The van der Waals surface area contributed by atoms with Crippen LogP contribution in [-0.4, -0.2) is 39.7 Å². The van der Waals surface area contributed by atoms with E-state index in [0.717, 1.165) is 41.1 Å². The molecule has 0 aliphatic rings. The number of amides is 1. The molecule has 1 N–H and O–H groups in total. The highest BCUT2D eigenvalue weighted by atomic mass is 16.5. The summed E-state index contributed by atoms with van der Waals surface area (Å²) in [5.41, 5.74) is 5.47. The third kappa shape index (κ3) is 4.64. The van der Waals surface area contributed by atoms with Crippen molar-refractivity contribution in [3.63, 3.8) is 0 Å². The average molecular weight is 446 g/mol. The lowest BCUT2D eigenvalue weighted by molar-refractivity contribution is -0.115. The number of anilines is 1. The minimum atomic E-state index is -0.113. The first-order valence-electron chi connectivity index (χ1n) is 10.9. The number of imidazole rings is 1. The topological polar surface area (TPSA) is 90.6 Å². The molecule has 0 radical (unpaired) electrons. The number of carbonyl (C=O) groups excluding carboxylic acids is 1. The Morgan fingerprint density at radius 3 is 2.39 bits per heavy atom. The fourth-order valence-corrected chi connectivity index (χ4v) is 3.83. The number of methoxy groups -OCH3 is 2. The van der Waals surface area contributed by atoms with Crippen molar-refractivity contribution >= 4 is 17.4 Å². The number of hydrogen-bond donors (Lipinski definition) is 1. The van der Waals surface area contributed by atoms with Crippen molar-refractivity contribution in [1.82, 2.24) is 19.6 Å². The lowest BCUT2D eigenvalue weighted by Crippen LogP contribution is -2.14. The Labute approximate surface area is 192 Å². The molecule has 0 saturated heterocycles. The van der Waals surface area contributed by atoms with Crippen LogP contribution in [0, 0.1) is 0 Å². The van der Waals surface area contributed by atoms with Gasteiger partial charge in [-0.05, 0) is 30.5 Å². The molecule has 2 aromatic carbocycles. The Morgan fingerprint density at radius 2 is 1.73 bits per heavy atom. The second-order valence-electron chi connectivity index (χ2n) is 7.59. The summed E-state index contributed by atoms with van der Waals surface area (Å²) < 4.78 is 12.5. The summed E-state index contributed by atoms with van der Waals surface area (Å²) in [5.74, 6) is 1.66. The minimum absolute atomic E-state index is 0.113. The molecule has 8 nitrogen and oxygen atoms in total. The fraction of sp³-hybridized carbons (Fsp3) is 0.280. The summed E-state index contributed by atoms with van der Waals surface area (Å²) in [7, 11) is 3.14. The van der Waals surface area contributed by atoms with Gasteiger partial charge in [0.05, 0.1) is 32.0 Å². The standard InChI is InChI=1S/C25H27N5O3/c1-5-19-21(6-2)30-15-20(27-25(30)29-28-19)17-9-7-16(8-10-17)13-24(31)26-18-11-12-22(32-3)23(14-18)33-4/h7-12,14-15H,5-6,13H2,1-4H3,(H,26,31).